The van der Waals surface area contributed by atoms with E-state index in [0.29, 0.717) is 6.61 Å². The lowest BCUT2D eigenvalue weighted by molar-refractivity contribution is 0.306. The first-order chi connectivity index (χ1) is 12.1. The maximum absolute atomic E-state index is 6.14. The van der Waals surface area contributed by atoms with Crippen LogP contribution in [0.25, 0.3) is 0 Å². The summed E-state index contributed by atoms with van der Waals surface area (Å²) < 4.78 is 5.80. The van der Waals surface area contributed by atoms with E-state index in [1.165, 1.54) is 11.1 Å². The zero-order valence-corrected chi connectivity index (χ0v) is 15.1. The summed E-state index contributed by atoms with van der Waals surface area (Å²) in [5.74, 6) is 0.809. The van der Waals surface area contributed by atoms with Gasteiger partial charge in [0.15, 0.2) is 0 Å². The van der Waals surface area contributed by atoms with E-state index in [0.717, 1.165) is 27.6 Å². The van der Waals surface area contributed by atoms with Crippen molar-refractivity contribution in [1.29, 1.82) is 0 Å². The van der Waals surface area contributed by atoms with E-state index in [9.17, 15) is 0 Å². The fourth-order valence-corrected chi connectivity index (χ4v) is 2.64. The van der Waals surface area contributed by atoms with Crippen LogP contribution < -0.4 is 4.74 Å². The summed E-state index contributed by atoms with van der Waals surface area (Å²) in [6.07, 6.45) is 1.87. The minimum atomic E-state index is 0.454. The van der Waals surface area contributed by atoms with Gasteiger partial charge in [-0.25, -0.2) is 0 Å². The zero-order valence-electron chi connectivity index (χ0n) is 14.4. The molecule has 3 heteroatoms. The van der Waals surface area contributed by atoms with Crippen LogP contribution in [0.15, 0.2) is 71.7 Å². The van der Waals surface area contributed by atoms with Crippen molar-refractivity contribution in [3.8, 4) is 5.75 Å². The molecule has 0 aliphatic rings. The predicted molar refractivity (Wildman–Crippen MR) is 105 cm³/mol. The quantitative estimate of drug-likeness (QED) is 0.496. The van der Waals surface area contributed by atoms with Gasteiger partial charge in [-0.05, 0) is 66.9 Å². The molecule has 3 aromatic carbocycles. The zero-order chi connectivity index (χ0) is 17.6. The molecule has 0 radical (unpaired) electrons. The molecule has 0 heterocycles. The minimum absolute atomic E-state index is 0.454. The van der Waals surface area contributed by atoms with Crippen molar-refractivity contribution in [1.82, 2.24) is 0 Å². The molecule has 0 aromatic heterocycles. The van der Waals surface area contributed by atoms with Crippen LogP contribution >= 0.6 is 11.6 Å². The monoisotopic (exact) mass is 349 g/mol. The minimum Gasteiger partial charge on any atom is -0.489 e. The third-order valence-corrected chi connectivity index (χ3v) is 4.53. The first kappa shape index (κ1) is 17.2. The Morgan fingerprint density at radius 2 is 1.68 bits per heavy atom. The molecule has 0 spiro atoms. The molecule has 0 aliphatic heterocycles. The number of hydrogen-bond donors (Lipinski definition) is 0. The fraction of sp³-hybridized carbons (Fsp3) is 0.136. The third-order valence-electron chi connectivity index (χ3n) is 4.16. The molecule has 0 bridgehead atoms. The van der Waals surface area contributed by atoms with Gasteiger partial charge in [0.25, 0.3) is 0 Å². The highest BCUT2D eigenvalue weighted by molar-refractivity contribution is 6.31. The van der Waals surface area contributed by atoms with Crippen LogP contribution in [0.1, 0.15) is 22.3 Å². The van der Waals surface area contributed by atoms with Gasteiger partial charge in [0.05, 0.1) is 5.69 Å². The van der Waals surface area contributed by atoms with Crippen LogP contribution in [0.3, 0.4) is 0 Å². The average Bonchev–Trinajstić information content (AvgIpc) is 2.63. The Kier molecular flexibility index (Phi) is 5.52. The maximum Gasteiger partial charge on any atom is 0.119 e. The first-order valence-electron chi connectivity index (χ1n) is 8.20. The van der Waals surface area contributed by atoms with Crippen LogP contribution in [0.4, 0.5) is 5.69 Å². The summed E-state index contributed by atoms with van der Waals surface area (Å²) in [5, 5.41) is 0.722. The van der Waals surface area contributed by atoms with Gasteiger partial charge >= 0.3 is 0 Å². The Bertz CT molecular complexity index is 885. The lowest BCUT2D eigenvalue weighted by atomic mass is 10.1. The van der Waals surface area contributed by atoms with Gasteiger partial charge < -0.3 is 4.74 Å². The Morgan fingerprint density at radius 3 is 2.44 bits per heavy atom. The summed E-state index contributed by atoms with van der Waals surface area (Å²) in [5.41, 5.74) is 5.46. The van der Waals surface area contributed by atoms with E-state index in [4.69, 9.17) is 16.3 Å². The van der Waals surface area contributed by atoms with Gasteiger partial charge in [0.1, 0.15) is 12.4 Å². The Balaban J connectivity index is 1.65. The highest BCUT2D eigenvalue weighted by Crippen LogP contribution is 2.22. The Hall–Kier alpha value is -2.58. The van der Waals surface area contributed by atoms with E-state index < -0.39 is 0 Å². The highest BCUT2D eigenvalue weighted by atomic mass is 35.5. The molecule has 0 N–H and O–H groups in total. The molecule has 0 fully saturated rings. The van der Waals surface area contributed by atoms with Crippen molar-refractivity contribution in [2.45, 2.75) is 20.5 Å². The summed E-state index contributed by atoms with van der Waals surface area (Å²) in [6.45, 7) is 4.64. The molecule has 0 saturated carbocycles. The molecule has 0 saturated heterocycles. The van der Waals surface area contributed by atoms with Gasteiger partial charge in [-0.2, -0.15) is 0 Å². The molecule has 2 nitrogen and oxygen atoms in total. The number of nitrogens with zero attached hydrogens (tertiary/aromatic N) is 1. The molecular weight excluding hydrogens is 330 g/mol. The SMILES string of the molecule is Cc1cccc(N=Cc2ccc(OCc3ccccc3Cl)cc2)c1C. The van der Waals surface area contributed by atoms with Crippen LogP contribution in [0.5, 0.6) is 5.75 Å². The van der Waals surface area contributed by atoms with Gasteiger partial charge in [0.2, 0.25) is 0 Å². The second kappa shape index (κ2) is 8.00. The summed E-state index contributed by atoms with van der Waals surface area (Å²) in [7, 11) is 0. The maximum atomic E-state index is 6.14. The van der Waals surface area contributed by atoms with Crippen LogP contribution in [0, 0.1) is 13.8 Å². The number of ether oxygens (including phenoxy) is 1. The molecule has 126 valence electrons. The standard InChI is InChI=1S/C22H20ClNO/c1-16-6-5-9-22(17(16)2)24-14-18-10-12-20(13-11-18)25-15-19-7-3-4-8-21(19)23/h3-14H,15H2,1-2H3. The summed E-state index contributed by atoms with van der Waals surface area (Å²) in [4.78, 5) is 4.59. The second-order valence-electron chi connectivity index (χ2n) is 5.93. The lowest BCUT2D eigenvalue weighted by Gasteiger charge is -2.08. The lowest BCUT2D eigenvalue weighted by Crippen LogP contribution is -1.96. The number of hydrogen-bond acceptors (Lipinski definition) is 2. The molecule has 0 atom stereocenters. The molecular formula is C22H20ClNO. The predicted octanol–water partition coefficient (Wildman–Crippen LogP) is 6.29. The summed E-state index contributed by atoms with van der Waals surface area (Å²) in [6, 6.07) is 21.7. The smallest absolute Gasteiger partial charge is 0.119 e. The van der Waals surface area contributed by atoms with E-state index in [2.05, 4.69) is 24.9 Å². The fourth-order valence-electron chi connectivity index (χ4n) is 2.45. The van der Waals surface area contributed by atoms with Crippen molar-refractivity contribution in [3.63, 3.8) is 0 Å². The van der Waals surface area contributed by atoms with Crippen molar-refractivity contribution >= 4 is 23.5 Å². The first-order valence-corrected chi connectivity index (χ1v) is 8.58. The molecule has 0 aliphatic carbocycles. The number of aliphatic imine (C=N–C) groups is 1. The van der Waals surface area contributed by atoms with Gasteiger partial charge in [0, 0.05) is 16.8 Å². The van der Waals surface area contributed by atoms with E-state index in [1.54, 1.807) is 0 Å². The average molecular weight is 350 g/mol. The molecule has 25 heavy (non-hydrogen) atoms. The number of aryl methyl sites for hydroxylation is 1. The van der Waals surface area contributed by atoms with Crippen molar-refractivity contribution < 1.29 is 4.74 Å². The van der Waals surface area contributed by atoms with Crippen molar-refractivity contribution in [3.05, 3.63) is 94.0 Å². The molecule has 3 aromatic rings. The van der Waals surface area contributed by atoms with Gasteiger partial charge in [-0.1, -0.05) is 41.9 Å². The van der Waals surface area contributed by atoms with Crippen LogP contribution in [-0.4, -0.2) is 6.21 Å². The molecule has 0 unspecified atom stereocenters. The number of rotatable bonds is 5. The van der Waals surface area contributed by atoms with Gasteiger partial charge in [-0.15, -0.1) is 0 Å². The van der Waals surface area contributed by atoms with Gasteiger partial charge in [-0.3, -0.25) is 4.99 Å². The summed E-state index contributed by atoms with van der Waals surface area (Å²) >= 11 is 6.14. The van der Waals surface area contributed by atoms with Crippen LogP contribution in [-0.2, 0) is 6.61 Å². The topological polar surface area (TPSA) is 21.6 Å². The largest absolute Gasteiger partial charge is 0.489 e. The van der Waals surface area contributed by atoms with E-state index in [-0.39, 0.29) is 0 Å². The number of halogens is 1. The van der Waals surface area contributed by atoms with Crippen molar-refractivity contribution in [2.24, 2.45) is 4.99 Å². The highest BCUT2D eigenvalue weighted by Gasteiger charge is 2.01. The van der Waals surface area contributed by atoms with Crippen LogP contribution in [0.2, 0.25) is 5.02 Å². The second-order valence-corrected chi connectivity index (χ2v) is 6.33. The Morgan fingerprint density at radius 1 is 0.920 bits per heavy atom. The molecule has 3 rings (SSSR count). The third kappa shape index (κ3) is 4.49. The van der Waals surface area contributed by atoms with E-state index >= 15 is 0 Å². The Labute approximate surface area is 153 Å². The molecule has 0 amide bonds. The van der Waals surface area contributed by atoms with E-state index in [1.807, 2.05) is 66.9 Å². The van der Waals surface area contributed by atoms with Crippen molar-refractivity contribution in [2.75, 3.05) is 0 Å². The number of benzene rings is 3. The normalized spacial score (nSPS) is 11.0.